The number of sulfonamides is 1. The van der Waals surface area contributed by atoms with Crippen molar-refractivity contribution in [3.63, 3.8) is 0 Å². The molecule has 4 nitrogen and oxygen atoms in total. The molecule has 5 heteroatoms. The lowest BCUT2D eigenvalue weighted by Gasteiger charge is -2.14. The standard InChI is InChI=1S/C11H16N2O2S/c1-16(14,15)13-7-10(11(12)8-13)9-5-3-2-4-6-9/h2-6,10-11H,7-8,12H2,1H3/t10-,11+/m0/s1. The molecule has 16 heavy (non-hydrogen) atoms. The van der Waals surface area contributed by atoms with Crippen molar-refractivity contribution < 1.29 is 8.42 Å². The summed E-state index contributed by atoms with van der Waals surface area (Å²) < 4.78 is 24.3. The van der Waals surface area contributed by atoms with Crippen LogP contribution in [0.1, 0.15) is 11.5 Å². The van der Waals surface area contributed by atoms with Crippen molar-refractivity contribution in [3.8, 4) is 0 Å². The third-order valence-corrected chi connectivity index (χ3v) is 4.26. The summed E-state index contributed by atoms with van der Waals surface area (Å²) in [6.07, 6.45) is 1.23. The Hall–Kier alpha value is -0.910. The summed E-state index contributed by atoms with van der Waals surface area (Å²) in [6, 6.07) is 9.72. The molecule has 1 aliphatic rings. The predicted octanol–water partition coefficient (Wildman–Crippen LogP) is 0.373. The molecule has 0 aromatic heterocycles. The van der Waals surface area contributed by atoms with Gasteiger partial charge in [0, 0.05) is 25.0 Å². The van der Waals surface area contributed by atoms with Gasteiger partial charge in [-0.05, 0) is 5.56 Å². The molecule has 2 atom stereocenters. The average Bonchev–Trinajstić information content (AvgIpc) is 2.61. The zero-order valence-electron chi connectivity index (χ0n) is 9.20. The van der Waals surface area contributed by atoms with E-state index in [9.17, 15) is 8.42 Å². The lowest BCUT2D eigenvalue weighted by Crippen LogP contribution is -2.31. The van der Waals surface area contributed by atoms with Crippen molar-refractivity contribution >= 4 is 10.0 Å². The highest BCUT2D eigenvalue weighted by atomic mass is 32.2. The van der Waals surface area contributed by atoms with E-state index < -0.39 is 10.0 Å². The third kappa shape index (κ3) is 2.26. The Morgan fingerprint density at radius 2 is 1.88 bits per heavy atom. The van der Waals surface area contributed by atoms with Gasteiger partial charge in [0.25, 0.3) is 0 Å². The molecular weight excluding hydrogens is 224 g/mol. The van der Waals surface area contributed by atoms with Crippen LogP contribution < -0.4 is 5.73 Å². The second-order valence-corrected chi connectivity index (χ2v) is 6.24. The lowest BCUT2D eigenvalue weighted by atomic mass is 9.95. The van der Waals surface area contributed by atoms with Crippen molar-refractivity contribution in [2.45, 2.75) is 12.0 Å². The molecule has 0 amide bonds. The number of rotatable bonds is 2. The highest BCUT2D eigenvalue weighted by Crippen LogP contribution is 2.27. The van der Waals surface area contributed by atoms with Crippen LogP contribution in [0, 0.1) is 0 Å². The normalized spacial score (nSPS) is 27.1. The maximum Gasteiger partial charge on any atom is 0.211 e. The van der Waals surface area contributed by atoms with Gasteiger partial charge in [-0.15, -0.1) is 0 Å². The highest BCUT2D eigenvalue weighted by molar-refractivity contribution is 7.88. The minimum absolute atomic E-state index is 0.107. The number of hydrogen-bond acceptors (Lipinski definition) is 3. The molecule has 0 unspecified atom stereocenters. The van der Waals surface area contributed by atoms with Crippen LogP contribution >= 0.6 is 0 Å². The van der Waals surface area contributed by atoms with Crippen molar-refractivity contribution in [3.05, 3.63) is 35.9 Å². The zero-order chi connectivity index (χ0) is 11.8. The number of nitrogens with two attached hydrogens (primary N) is 1. The molecule has 0 spiro atoms. The van der Waals surface area contributed by atoms with Gasteiger partial charge in [0.15, 0.2) is 0 Å². The molecule has 1 fully saturated rings. The van der Waals surface area contributed by atoms with Gasteiger partial charge in [0.1, 0.15) is 0 Å². The maximum atomic E-state index is 11.4. The second kappa shape index (κ2) is 4.16. The molecule has 2 rings (SSSR count). The summed E-state index contributed by atoms with van der Waals surface area (Å²) in [5.74, 6) is 0.107. The summed E-state index contributed by atoms with van der Waals surface area (Å²) in [5.41, 5.74) is 7.10. The van der Waals surface area contributed by atoms with E-state index >= 15 is 0 Å². The molecule has 1 heterocycles. The quantitative estimate of drug-likeness (QED) is 0.812. The Morgan fingerprint density at radius 3 is 2.38 bits per heavy atom. The molecule has 0 radical (unpaired) electrons. The van der Waals surface area contributed by atoms with Gasteiger partial charge < -0.3 is 5.73 Å². The van der Waals surface area contributed by atoms with Crippen LogP contribution in [0.2, 0.25) is 0 Å². The summed E-state index contributed by atoms with van der Waals surface area (Å²) in [4.78, 5) is 0. The van der Waals surface area contributed by atoms with Crippen LogP contribution in [0.15, 0.2) is 30.3 Å². The van der Waals surface area contributed by atoms with Gasteiger partial charge in [-0.25, -0.2) is 8.42 Å². The number of nitrogens with zero attached hydrogens (tertiary/aromatic N) is 1. The minimum atomic E-state index is -3.12. The monoisotopic (exact) mass is 240 g/mol. The third-order valence-electron chi connectivity index (χ3n) is 3.03. The van der Waals surface area contributed by atoms with E-state index in [1.807, 2.05) is 30.3 Å². The van der Waals surface area contributed by atoms with E-state index in [0.717, 1.165) is 5.56 Å². The topological polar surface area (TPSA) is 63.4 Å². The van der Waals surface area contributed by atoms with Gasteiger partial charge in [-0.1, -0.05) is 30.3 Å². The van der Waals surface area contributed by atoms with Gasteiger partial charge >= 0.3 is 0 Å². The zero-order valence-corrected chi connectivity index (χ0v) is 10.0. The molecule has 88 valence electrons. The number of benzene rings is 1. The second-order valence-electron chi connectivity index (χ2n) is 4.26. The first-order valence-electron chi connectivity index (χ1n) is 5.24. The van der Waals surface area contributed by atoms with Gasteiger partial charge in [0.2, 0.25) is 10.0 Å². The summed E-state index contributed by atoms with van der Waals surface area (Å²) in [5, 5.41) is 0. The predicted molar refractivity (Wildman–Crippen MR) is 63.6 cm³/mol. The SMILES string of the molecule is CS(=O)(=O)N1C[C@@H](N)[C@H](c2ccccc2)C1. The Balaban J connectivity index is 2.21. The van der Waals surface area contributed by atoms with Crippen LogP contribution in [0.5, 0.6) is 0 Å². The van der Waals surface area contributed by atoms with Gasteiger partial charge in [-0.3, -0.25) is 0 Å². The van der Waals surface area contributed by atoms with Crippen LogP contribution in [-0.4, -0.2) is 38.1 Å². The van der Waals surface area contributed by atoms with E-state index in [1.54, 1.807) is 0 Å². The molecule has 0 saturated carbocycles. The molecular formula is C11H16N2O2S. The van der Waals surface area contributed by atoms with Crippen LogP contribution in [0.3, 0.4) is 0 Å². The largest absolute Gasteiger partial charge is 0.326 e. The fourth-order valence-corrected chi connectivity index (χ4v) is 2.99. The van der Waals surface area contributed by atoms with Crippen molar-refractivity contribution in [2.75, 3.05) is 19.3 Å². The van der Waals surface area contributed by atoms with Crippen molar-refractivity contribution in [2.24, 2.45) is 5.73 Å². The smallest absolute Gasteiger partial charge is 0.211 e. The highest BCUT2D eigenvalue weighted by Gasteiger charge is 2.35. The lowest BCUT2D eigenvalue weighted by molar-refractivity contribution is 0.475. The fourth-order valence-electron chi connectivity index (χ4n) is 2.12. The summed E-state index contributed by atoms with van der Waals surface area (Å²) in [6.45, 7) is 0.905. The van der Waals surface area contributed by atoms with E-state index in [1.165, 1.54) is 10.6 Å². The fraction of sp³-hybridized carbons (Fsp3) is 0.455. The van der Waals surface area contributed by atoms with Crippen molar-refractivity contribution in [1.82, 2.24) is 4.31 Å². The average molecular weight is 240 g/mol. The van der Waals surface area contributed by atoms with E-state index in [4.69, 9.17) is 5.73 Å². The first kappa shape index (κ1) is 11.6. The van der Waals surface area contributed by atoms with Gasteiger partial charge in [0.05, 0.1) is 6.26 Å². The minimum Gasteiger partial charge on any atom is -0.326 e. The maximum absolute atomic E-state index is 11.4. The van der Waals surface area contributed by atoms with Crippen LogP contribution in [-0.2, 0) is 10.0 Å². The Labute approximate surface area is 96.1 Å². The number of hydrogen-bond donors (Lipinski definition) is 1. The molecule has 1 aromatic rings. The molecule has 0 aliphatic carbocycles. The molecule has 1 aromatic carbocycles. The van der Waals surface area contributed by atoms with E-state index in [-0.39, 0.29) is 12.0 Å². The summed E-state index contributed by atoms with van der Waals surface area (Å²) >= 11 is 0. The van der Waals surface area contributed by atoms with Gasteiger partial charge in [-0.2, -0.15) is 4.31 Å². The van der Waals surface area contributed by atoms with E-state index in [0.29, 0.717) is 13.1 Å². The molecule has 1 saturated heterocycles. The summed E-state index contributed by atoms with van der Waals surface area (Å²) in [7, 11) is -3.12. The van der Waals surface area contributed by atoms with Crippen LogP contribution in [0.4, 0.5) is 0 Å². The molecule has 2 N–H and O–H groups in total. The molecule has 1 aliphatic heterocycles. The van der Waals surface area contributed by atoms with Crippen molar-refractivity contribution in [1.29, 1.82) is 0 Å². The first-order valence-corrected chi connectivity index (χ1v) is 7.09. The Morgan fingerprint density at radius 1 is 1.25 bits per heavy atom. The molecule has 0 bridgehead atoms. The van der Waals surface area contributed by atoms with E-state index in [2.05, 4.69) is 0 Å². The Kier molecular flexibility index (Phi) is 3.01. The Bertz CT molecular complexity index is 458. The van der Waals surface area contributed by atoms with Crippen LogP contribution in [0.25, 0.3) is 0 Å². The first-order chi connectivity index (χ1) is 7.48.